The second kappa shape index (κ2) is 10.2. The molecule has 160 valence electrons. The third-order valence-corrected chi connectivity index (χ3v) is 5.84. The molecule has 0 saturated carbocycles. The van der Waals surface area contributed by atoms with Crippen molar-refractivity contribution in [1.82, 2.24) is 25.4 Å². The Morgan fingerprint density at radius 2 is 1.96 bits per heavy atom. The van der Waals surface area contributed by atoms with Crippen molar-refractivity contribution in [3.05, 3.63) is 11.6 Å². The Labute approximate surface area is 186 Å². The normalized spacial score (nSPS) is 25.6. The zero-order valence-electron chi connectivity index (χ0n) is 18.0. The molecule has 0 spiro atoms. The van der Waals surface area contributed by atoms with Crippen LogP contribution in [0.2, 0.25) is 0 Å². The van der Waals surface area contributed by atoms with E-state index < -0.39 is 0 Å². The third-order valence-electron chi connectivity index (χ3n) is 5.84. The topological polar surface area (TPSA) is 76.4 Å². The van der Waals surface area contributed by atoms with Gasteiger partial charge in [0.1, 0.15) is 11.6 Å². The van der Waals surface area contributed by atoms with Crippen LogP contribution in [0.15, 0.2) is 4.99 Å². The van der Waals surface area contributed by atoms with E-state index in [4.69, 9.17) is 4.74 Å². The van der Waals surface area contributed by atoms with Gasteiger partial charge in [-0.15, -0.1) is 34.2 Å². The summed E-state index contributed by atoms with van der Waals surface area (Å²) in [6.07, 6.45) is 4.81. The Kier molecular flexibility index (Phi) is 8.54. The Balaban J connectivity index is 0.00000280. The highest BCUT2D eigenvalue weighted by atomic mass is 127. The Morgan fingerprint density at radius 3 is 2.68 bits per heavy atom. The summed E-state index contributed by atoms with van der Waals surface area (Å²) < 4.78 is 8.35. The molecule has 3 unspecified atom stereocenters. The largest absolute Gasteiger partial charge is 0.377 e. The van der Waals surface area contributed by atoms with Gasteiger partial charge in [0.25, 0.3) is 0 Å². The number of rotatable bonds is 4. The van der Waals surface area contributed by atoms with Crippen LogP contribution in [0.5, 0.6) is 0 Å². The lowest BCUT2D eigenvalue weighted by atomic mass is 9.78. The van der Waals surface area contributed by atoms with Crippen LogP contribution in [-0.2, 0) is 17.7 Å². The van der Waals surface area contributed by atoms with Gasteiger partial charge >= 0.3 is 0 Å². The molecule has 0 bridgehead atoms. The number of guanidine groups is 1. The molecule has 0 amide bonds. The lowest BCUT2D eigenvalue weighted by Gasteiger charge is -2.40. The van der Waals surface area contributed by atoms with Crippen molar-refractivity contribution in [2.45, 2.75) is 66.0 Å². The highest BCUT2D eigenvalue weighted by Crippen LogP contribution is 2.33. The fraction of sp³-hybridized carbons (Fsp3) is 0.850. The van der Waals surface area contributed by atoms with E-state index in [1.807, 2.05) is 14.0 Å². The highest BCUT2D eigenvalue weighted by Gasteiger charge is 2.35. The number of aliphatic imine (C=N–C) groups is 1. The number of hydrogen-bond acceptors (Lipinski definition) is 4. The van der Waals surface area contributed by atoms with Crippen LogP contribution < -0.4 is 10.6 Å². The molecule has 0 aromatic carbocycles. The minimum absolute atomic E-state index is 0. The van der Waals surface area contributed by atoms with Crippen LogP contribution in [0, 0.1) is 24.2 Å². The Morgan fingerprint density at radius 1 is 1.21 bits per heavy atom. The lowest BCUT2D eigenvalue weighted by Crippen LogP contribution is -2.48. The molecule has 1 fully saturated rings. The maximum atomic E-state index is 6.10. The van der Waals surface area contributed by atoms with Crippen LogP contribution in [0.25, 0.3) is 0 Å². The van der Waals surface area contributed by atoms with Crippen molar-refractivity contribution in [3.8, 4) is 0 Å². The van der Waals surface area contributed by atoms with E-state index in [0.717, 1.165) is 63.1 Å². The fourth-order valence-electron chi connectivity index (χ4n) is 4.40. The van der Waals surface area contributed by atoms with E-state index in [-0.39, 0.29) is 29.4 Å². The molecule has 1 saturated heterocycles. The van der Waals surface area contributed by atoms with Gasteiger partial charge in [-0.25, -0.2) is 0 Å². The summed E-state index contributed by atoms with van der Waals surface area (Å²) in [6, 6.07) is 0. The van der Waals surface area contributed by atoms with Gasteiger partial charge in [0.05, 0.1) is 6.10 Å². The van der Waals surface area contributed by atoms with Gasteiger partial charge in [-0.3, -0.25) is 4.99 Å². The van der Waals surface area contributed by atoms with Gasteiger partial charge in [-0.05, 0) is 37.5 Å². The van der Waals surface area contributed by atoms with Gasteiger partial charge in [-0.1, -0.05) is 20.8 Å². The first-order valence-corrected chi connectivity index (χ1v) is 10.3. The number of halogens is 1. The lowest BCUT2D eigenvalue weighted by molar-refractivity contribution is -0.0835. The van der Waals surface area contributed by atoms with E-state index in [0.29, 0.717) is 17.9 Å². The van der Waals surface area contributed by atoms with Gasteiger partial charge in [0.2, 0.25) is 0 Å². The minimum Gasteiger partial charge on any atom is -0.377 e. The second-order valence-corrected chi connectivity index (χ2v) is 9.07. The van der Waals surface area contributed by atoms with Crippen LogP contribution in [0.3, 0.4) is 0 Å². The summed E-state index contributed by atoms with van der Waals surface area (Å²) in [5.41, 5.74) is 0.167. The zero-order valence-corrected chi connectivity index (χ0v) is 20.3. The van der Waals surface area contributed by atoms with Gasteiger partial charge < -0.3 is 19.9 Å². The van der Waals surface area contributed by atoms with Crippen molar-refractivity contribution >= 4 is 29.9 Å². The van der Waals surface area contributed by atoms with E-state index in [2.05, 4.69) is 51.2 Å². The average Bonchev–Trinajstić information content (AvgIpc) is 3.02. The standard InChI is InChI=1S/C20H36N6O.HI/c1-14-24-25-17-9-8-15(13-26(14)17)11-22-19(21-5)23-12-16-7-6-10-27-18(16)20(2,3)4;/h15-16,18H,6-13H2,1-5H3,(H2,21,22,23);1H. The van der Waals surface area contributed by atoms with Crippen LogP contribution in [0.1, 0.15) is 51.7 Å². The number of aryl methyl sites for hydroxylation is 2. The molecule has 2 aliphatic heterocycles. The molecule has 2 N–H and O–H groups in total. The molecule has 3 rings (SSSR count). The van der Waals surface area contributed by atoms with Crippen molar-refractivity contribution < 1.29 is 4.74 Å². The Hall–Kier alpha value is -0.900. The van der Waals surface area contributed by atoms with Crippen molar-refractivity contribution in [1.29, 1.82) is 0 Å². The molecule has 0 radical (unpaired) electrons. The van der Waals surface area contributed by atoms with Gasteiger partial charge in [0, 0.05) is 45.6 Å². The number of hydrogen-bond donors (Lipinski definition) is 2. The van der Waals surface area contributed by atoms with E-state index in [1.54, 1.807) is 0 Å². The molecule has 1 aromatic heterocycles. The molecule has 3 atom stereocenters. The molecule has 1 aromatic rings. The summed E-state index contributed by atoms with van der Waals surface area (Å²) in [5, 5.41) is 15.5. The quantitative estimate of drug-likeness (QED) is 0.375. The number of aromatic nitrogens is 3. The number of ether oxygens (including phenoxy) is 1. The first kappa shape index (κ1) is 23.4. The van der Waals surface area contributed by atoms with Gasteiger partial charge in [0.15, 0.2) is 5.96 Å². The number of nitrogens with one attached hydrogen (secondary N) is 2. The Bertz CT molecular complexity index is 654. The molecule has 28 heavy (non-hydrogen) atoms. The van der Waals surface area contributed by atoms with Crippen molar-refractivity contribution in [2.75, 3.05) is 26.7 Å². The van der Waals surface area contributed by atoms with E-state index in [1.165, 1.54) is 6.42 Å². The molecule has 7 nitrogen and oxygen atoms in total. The van der Waals surface area contributed by atoms with Crippen molar-refractivity contribution in [3.63, 3.8) is 0 Å². The predicted octanol–water partition coefficient (Wildman–Crippen LogP) is 2.77. The first-order valence-electron chi connectivity index (χ1n) is 10.3. The predicted molar refractivity (Wildman–Crippen MR) is 123 cm³/mol. The number of nitrogens with zero attached hydrogens (tertiary/aromatic N) is 4. The zero-order chi connectivity index (χ0) is 19.4. The monoisotopic (exact) mass is 504 g/mol. The summed E-state index contributed by atoms with van der Waals surface area (Å²) in [6.45, 7) is 12.5. The van der Waals surface area contributed by atoms with E-state index in [9.17, 15) is 0 Å². The molecule has 2 aliphatic rings. The maximum Gasteiger partial charge on any atom is 0.190 e. The molecular formula is C20H37IN6O. The third kappa shape index (κ3) is 5.81. The van der Waals surface area contributed by atoms with Crippen LogP contribution in [0.4, 0.5) is 0 Å². The highest BCUT2D eigenvalue weighted by molar-refractivity contribution is 14.0. The summed E-state index contributed by atoms with van der Waals surface area (Å²) in [4.78, 5) is 4.42. The molecule has 0 aliphatic carbocycles. The molecular weight excluding hydrogens is 467 g/mol. The smallest absolute Gasteiger partial charge is 0.190 e. The maximum absolute atomic E-state index is 6.10. The summed E-state index contributed by atoms with van der Waals surface area (Å²) in [5.74, 6) is 4.12. The SMILES string of the molecule is CN=C(NCC1CCc2nnc(C)n2C1)NCC1CCCOC1C(C)(C)C.I. The average molecular weight is 504 g/mol. The van der Waals surface area contributed by atoms with E-state index >= 15 is 0 Å². The van der Waals surface area contributed by atoms with Crippen LogP contribution in [-0.4, -0.2) is 53.6 Å². The fourth-order valence-corrected chi connectivity index (χ4v) is 4.40. The minimum atomic E-state index is 0. The molecule has 3 heterocycles. The summed E-state index contributed by atoms with van der Waals surface area (Å²) in [7, 11) is 1.84. The van der Waals surface area contributed by atoms with Crippen molar-refractivity contribution in [2.24, 2.45) is 22.2 Å². The van der Waals surface area contributed by atoms with Crippen LogP contribution >= 0.6 is 24.0 Å². The number of fused-ring (bicyclic) bond motifs is 1. The summed E-state index contributed by atoms with van der Waals surface area (Å²) >= 11 is 0. The first-order chi connectivity index (χ1) is 12.9. The molecule has 8 heteroatoms. The van der Waals surface area contributed by atoms with Gasteiger partial charge in [-0.2, -0.15) is 0 Å². The second-order valence-electron chi connectivity index (χ2n) is 9.07.